The van der Waals surface area contributed by atoms with Crippen LogP contribution in [0.4, 0.5) is 0 Å². The van der Waals surface area contributed by atoms with E-state index in [0.717, 1.165) is 52.0 Å². The number of amides is 1. The maximum absolute atomic E-state index is 12.6. The van der Waals surface area contributed by atoms with Gasteiger partial charge in [0, 0.05) is 39.3 Å². The van der Waals surface area contributed by atoms with Gasteiger partial charge in [-0.25, -0.2) is 4.98 Å². The molecule has 23 heavy (non-hydrogen) atoms. The van der Waals surface area contributed by atoms with Gasteiger partial charge < -0.3 is 9.64 Å². The van der Waals surface area contributed by atoms with Crippen molar-refractivity contribution in [2.24, 2.45) is 7.05 Å². The van der Waals surface area contributed by atoms with E-state index in [0.29, 0.717) is 5.82 Å². The van der Waals surface area contributed by atoms with Crippen LogP contribution in [0.5, 0.6) is 0 Å². The Labute approximate surface area is 137 Å². The van der Waals surface area contributed by atoms with E-state index in [2.05, 4.69) is 15.0 Å². The lowest BCUT2D eigenvalue weighted by molar-refractivity contribution is 0.0689. The topological polar surface area (TPSA) is 63.5 Å². The maximum atomic E-state index is 12.6. The number of likely N-dealkylation sites (tertiary alicyclic amines) is 2. The Morgan fingerprint density at radius 1 is 1.26 bits per heavy atom. The number of ether oxygens (including phenoxy) is 1. The van der Waals surface area contributed by atoms with Gasteiger partial charge in [0.2, 0.25) is 5.82 Å². The van der Waals surface area contributed by atoms with Crippen molar-refractivity contribution in [3.8, 4) is 0 Å². The summed E-state index contributed by atoms with van der Waals surface area (Å²) >= 11 is 0. The van der Waals surface area contributed by atoms with Gasteiger partial charge in [0.05, 0.1) is 6.61 Å². The molecule has 1 unspecified atom stereocenters. The molecule has 3 rings (SSSR count). The molecule has 0 radical (unpaired) electrons. The van der Waals surface area contributed by atoms with Crippen LogP contribution in [-0.2, 0) is 11.8 Å². The Hall–Kier alpha value is -1.47. The maximum Gasteiger partial charge on any atom is 0.293 e. The van der Waals surface area contributed by atoms with Crippen molar-refractivity contribution in [1.82, 2.24) is 24.6 Å². The molecule has 3 heterocycles. The third-order valence-electron chi connectivity index (χ3n) is 5.30. The third-order valence-corrected chi connectivity index (χ3v) is 5.30. The molecule has 1 amide bonds. The highest BCUT2D eigenvalue weighted by Gasteiger charge is 2.42. The van der Waals surface area contributed by atoms with E-state index in [9.17, 15) is 4.79 Å². The van der Waals surface area contributed by atoms with Gasteiger partial charge in [0.15, 0.2) is 0 Å². The zero-order valence-corrected chi connectivity index (χ0v) is 14.2. The van der Waals surface area contributed by atoms with Gasteiger partial charge in [-0.05, 0) is 38.6 Å². The fourth-order valence-electron chi connectivity index (χ4n) is 4.07. The Balaban J connectivity index is 1.65. The van der Waals surface area contributed by atoms with Crippen molar-refractivity contribution in [2.45, 2.75) is 37.6 Å². The number of aryl methyl sites for hydroxylation is 1. The zero-order valence-electron chi connectivity index (χ0n) is 14.2. The number of carbonyl (C=O) groups is 1. The summed E-state index contributed by atoms with van der Waals surface area (Å²) < 4.78 is 6.84. The van der Waals surface area contributed by atoms with Crippen LogP contribution in [0.3, 0.4) is 0 Å². The molecule has 128 valence electrons. The fourth-order valence-corrected chi connectivity index (χ4v) is 4.07. The van der Waals surface area contributed by atoms with Gasteiger partial charge in [-0.1, -0.05) is 0 Å². The van der Waals surface area contributed by atoms with Crippen molar-refractivity contribution in [1.29, 1.82) is 0 Å². The molecule has 2 aliphatic rings. The predicted molar refractivity (Wildman–Crippen MR) is 86.2 cm³/mol. The van der Waals surface area contributed by atoms with Crippen LogP contribution in [0, 0.1) is 0 Å². The Morgan fingerprint density at radius 3 is 2.74 bits per heavy atom. The molecule has 1 spiro atoms. The van der Waals surface area contributed by atoms with Crippen molar-refractivity contribution < 1.29 is 9.53 Å². The first kappa shape index (κ1) is 16.4. The van der Waals surface area contributed by atoms with Gasteiger partial charge in [0.1, 0.15) is 6.33 Å². The average molecular weight is 321 g/mol. The van der Waals surface area contributed by atoms with Crippen LogP contribution < -0.4 is 0 Å². The number of aromatic nitrogens is 3. The normalized spacial score (nSPS) is 25.9. The number of rotatable bonds is 4. The van der Waals surface area contributed by atoms with Crippen molar-refractivity contribution in [3.05, 3.63) is 12.2 Å². The Bertz CT molecular complexity index is 546. The largest absolute Gasteiger partial charge is 0.383 e. The lowest BCUT2D eigenvalue weighted by atomic mass is 9.88. The second kappa shape index (κ2) is 6.97. The van der Waals surface area contributed by atoms with E-state index in [4.69, 9.17) is 4.74 Å². The van der Waals surface area contributed by atoms with E-state index in [-0.39, 0.29) is 11.4 Å². The number of hydrogen-bond acceptors (Lipinski definition) is 5. The minimum Gasteiger partial charge on any atom is -0.383 e. The minimum absolute atomic E-state index is 0.0379. The summed E-state index contributed by atoms with van der Waals surface area (Å²) in [5.41, 5.74) is 0.255. The lowest BCUT2D eigenvalue weighted by Gasteiger charge is -2.38. The number of methoxy groups -OCH3 is 1. The monoisotopic (exact) mass is 321 g/mol. The first-order valence-corrected chi connectivity index (χ1v) is 8.53. The van der Waals surface area contributed by atoms with E-state index in [1.54, 1.807) is 25.2 Å². The molecule has 0 aromatic carbocycles. The average Bonchev–Trinajstić information content (AvgIpc) is 3.07. The highest BCUT2D eigenvalue weighted by molar-refractivity contribution is 5.90. The molecule has 7 heteroatoms. The van der Waals surface area contributed by atoms with Gasteiger partial charge in [-0.3, -0.25) is 14.4 Å². The number of nitrogens with zero attached hydrogens (tertiary/aromatic N) is 5. The second-order valence-electron chi connectivity index (χ2n) is 6.70. The quantitative estimate of drug-likeness (QED) is 0.825. The molecule has 0 saturated carbocycles. The lowest BCUT2D eigenvalue weighted by Crippen LogP contribution is -2.46. The SMILES string of the molecule is COCCN1CCCC12CCCN(C(=O)c1ncn(C)n1)CC2. The smallest absolute Gasteiger partial charge is 0.293 e. The predicted octanol–water partition coefficient (Wildman–Crippen LogP) is 0.922. The molecule has 2 saturated heterocycles. The Morgan fingerprint density at radius 2 is 2.04 bits per heavy atom. The summed E-state index contributed by atoms with van der Waals surface area (Å²) in [6, 6.07) is 0. The van der Waals surface area contributed by atoms with Crippen molar-refractivity contribution in [2.75, 3.05) is 39.9 Å². The van der Waals surface area contributed by atoms with Crippen LogP contribution in [0.25, 0.3) is 0 Å². The van der Waals surface area contributed by atoms with E-state index in [1.165, 1.54) is 12.8 Å². The second-order valence-corrected chi connectivity index (χ2v) is 6.70. The first-order valence-electron chi connectivity index (χ1n) is 8.53. The van der Waals surface area contributed by atoms with Crippen LogP contribution >= 0.6 is 0 Å². The van der Waals surface area contributed by atoms with Crippen LogP contribution in [0.1, 0.15) is 42.7 Å². The molecule has 0 N–H and O–H groups in total. The molecule has 7 nitrogen and oxygen atoms in total. The van der Waals surface area contributed by atoms with Crippen LogP contribution in [0.15, 0.2) is 6.33 Å². The highest BCUT2D eigenvalue weighted by Crippen LogP contribution is 2.38. The third kappa shape index (κ3) is 3.40. The van der Waals surface area contributed by atoms with Crippen molar-refractivity contribution >= 4 is 5.91 Å². The first-order chi connectivity index (χ1) is 11.1. The fraction of sp³-hybridized carbons (Fsp3) is 0.812. The molecular weight excluding hydrogens is 294 g/mol. The molecule has 0 aliphatic carbocycles. The summed E-state index contributed by atoms with van der Waals surface area (Å²) in [7, 11) is 3.55. The summed E-state index contributed by atoms with van der Waals surface area (Å²) in [5.74, 6) is 0.273. The standard InChI is InChI=1S/C16H27N5O2/c1-19-13-17-14(18-19)15(22)20-8-3-5-16(7-10-20)6-4-9-21(16)11-12-23-2/h13H,3-12H2,1-2H3. The molecule has 1 atom stereocenters. The molecule has 2 fully saturated rings. The van der Waals surface area contributed by atoms with E-state index >= 15 is 0 Å². The molecule has 2 aliphatic heterocycles. The molecular formula is C16H27N5O2. The van der Waals surface area contributed by atoms with Crippen LogP contribution in [-0.4, -0.2) is 75.9 Å². The molecule has 1 aromatic rings. The van der Waals surface area contributed by atoms with Crippen molar-refractivity contribution in [3.63, 3.8) is 0 Å². The molecule has 0 bridgehead atoms. The highest BCUT2D eigenvalue weighted by atomic mass is 16.5. The van der Waals surface area contributed by atoms with Gasteiger partial charge in [-0.15, -0.1) is 5.10 Å². The molecule has 1 aromatic heterocycles. The number of hydrogen-bond donors (Lipinski definition) is 0. The Kier molecular flexibility index (Phi) is 4.96. The summed E-state index contributed by atoms with van der Waals surface area (Å²) in [6.45, 7) is 4.52. The van der Waals surface area contributed by atoms with Gasteiger partial charge in [-0.2, -0.15) is 0 Å². The summed E-state index contributed by atoms with van der Waals surface area (Å²) in [6.07, 6.45) is 7.31. The van der Waals surface area contributed by atoms with E-state index in [1.807, 2.05) is 4.90 Å². The van der Waals surface area contributed by atoms with E-state index < -0.39 is 0 Å². The summed E-state index contributed by atoms with van der Waals surface area (Å²) in [4.78, 5) is 21.2. The zero-order chi connectivity index (χ0) is 16.3. The number of carbonyl (C=O) groups excluding carboxylic acids is 1. The van der Waals surface area contributed by atoms with Crippen LogP contribution in [0.2, 0.25) is 0 Å². The summed E-state index contributed by atoms with van der Waals surface area (Å²) in [5, 5.41) is 4.15. The van der Waals surface area contributed by atoms with Gasteiger partial charge in [0.25, 0.3) is 5.91 Å². The minimum atomic E-state index is -0.0379. The van der Waals surface area contributed by atoms with Gasteiger partial charge >= 0.3 is 0 Å².